The molecule has 3 heterocycles. The minimum absolute atomic E-state index is 0.231. The van der Waals surface area contributed by atoms with Gasteiger partial charge in [-0.1, -0.05) is 17.3 Å². The number of furan rings is 1. The van der Waals surface area contributed by atoms with Gasteiger partial charge in [-0.15, -0.1) is 0 Å². The highest BCUT2D eigenvalue weighted by molar-refractivity contribution is 5.86. The summed E-state index contributed by atoms with van der Waals surface area (Å²) in [5.74, 6) is 2.05. The first-order valence-corrected chi connectivity index (χ1v) is 7.14. The number of hydrogen-bond acceptors (Lipinski definition) is 5. The molecular formula is C16H16N2O3. The molecule has 3 aromatic rings. The number of rotatable bonds is 2. The van der Waals surface area contributed by atoms with Gasteiger partial charge in [0.05, 0.1) is 6.61 Å². The van der Waals surface area contributed by atoms with Crippen molar-refractivity contribution in [2.24, 2.45) is 0 Å². The molecule has 4 rings (SSSR count). The minimum Gasteiger partial charge on any atom is -0.451 e. The topological polar surface area (TPSA) is 61.3 Å². The van der Waals surface area contributed by atoms with E-state index in [-0.39, 0.29) is 5.92 Å². The van der Waals surface area contributed by atoms with E-state index in [0.29, 0.717) is 24.1 Å². The van der Waals surface area contributed by atoms with Crippen molar-refractivity contribution in [3.8, 4) is 11.7 Å². The second-order valence-electron chi connectivity index (χ2n) is 5.57. The fraction of sp³-hybridized carbons (Fsp3) is 0.375. The zero-order valence-corrected chi connectivity index (χ0v) is 12.0. The Bertz CT molecular complexity index is 797. The molecule has 1 atom stereocenters. The van der Waals surface area contributed by atoms with Gasteiger partial charge >= 0.3 is 0 Å². The van der Waals surface area contributed by atoms with E-state index >= 15 is 0 Å². The van der Waals surface area contributed by atoms with Gasteiger partial charge in [0.15, 0.2) is 11.6 Å². The summed E-state index contributed by atoms with van der Waals surface area (Å²) >= 11 is 0. The van der Waals surface area contributed by atoms with E-state index in [1.165, 1.54) is 0 Å². The maximum Gasteiger partial charge on any atom is 0.293 e. The van der Waals surface area contributed by atoms with Gasteiger partial charge in [-0.2, -0.15) is 4.98 Å². The Kier molecular flexibility index (Phi) is 2.82. The van der Waals surface area contributed by atoms with E-state index in [4.69, 9.17) is 13.7 Å². The Hall–Kier alpha value is -2.14. The third-order valence-corrected chi connectivity index (χ3v) is 4.02. The van der Waals surface area contributed by atoms with E-state index in [1.54, 1.807) is 0 Å². The normalized spacial score (nSPS) is 18.7. The number of nitrogens with zero attached hydrogens (tertiary/aromatic N) is 2. The van der Waals surface area contributed by atoms with Crippen LogP contribution < -0.4 is 0 Å². The lowest BCUT2D eigenvalue weighted by Crippen LogP contribution is -1.99. The van der Waals surface area contributed by atoms with Crippen molar-refractivity contribution < 1.29 is 13.7 Å². The molecule has 21 heavy (non-hydrogen) atoms. The summed E-state index contributed by atoms with van der Waals surface area (Å²) < 4.78 is 16.7. The Morgan fingerprint density at radius 2 is 2.14 bits per heavy atom. The molecule has 1 aromatic carbocycles. The van der Waals surface area contributed by atoms with Crippen molar-refractivity contribution >= 4 is 11.0 Å². The summed E-state index contributed by atoms with van der Waals surface area (Å²) in [5, 5.41) is 5.16. The highest BCUT2D eigenvalue weighted by Gasteiger charge is 2.25. The maximum atomic E-state index is 5.91. The van der Waals surface area contributed by atoms with Gasteiger partial charge in [0, 0.05) is 23.5 Å². The largest absolute Gasteiger partial charge is 0.451 e. The van der Waals surface area contributed by atoms with Crippen LogP contribution in [0.15, 0.2) is 27.1 Å². The van der Waals surface area contributed by atoms with Gasteiger partial charge in [0.25, 0.3) is 5.89 Å². The first-order chi connectivity index (χ1) is 10.2. The van der Waals surface area contributed by atoms with Crippen molar-refractivity contribution in [1.82, 2.24) is 10.1 Å². The zero-order valence-electron chi connectivity index (χ0n) is 12.0. The molecule has 5 heteroatoms. The van der Waals surface area contributed by atoms with Gasteiger partial charge in [0.1, 0.15) is 5.58 Å². The van der Waals surface area contributed by atoms with Crippen LogP contribution in [-0.4, -0.2) is 23.4 Å². The number of benzene rings is 1. The highest BCUT2D eigenvalue weighted by Crippen LogP contribution is 2.33. The van der Waals surface area contributed by atoms with Crippen LogP contribution in [0.3, 0.4) is 0 Å². The second-order valence-corrected chi connectivity index (χ2v) is 5.57. The number of fused-ring (bicyclic) bond motifs is 1. The monoisotopic (exact) mass is 284 g/mol. The van der Waals surface area contributed by atoms with Crippen LogP contribution >= 0.6 is 0 Å². The van der Waals surface area contributed by atoms with Crippen LogP contribution in [0.5, 0.6) is 0 Å². The van der Waals surface area contributed by atoms with Gasteiger partial charge < -0.3 is 13.7 Å². The molecule has 0 aliphatic carbocycles. The molecule has 1 aliphatic heterocycles. The van der Waals surface area contributed by atoms with Crippen molar-refractivity contribution in [3.63, 3.8) is 0 Å². The van der Waals surface area contributed by atoms with Crippen LogP contribution in [0.4, 0.5) is 0 Å². The summed E-state index contributed by atoms with van der Waals surface area (Å²) in [5.41, 5.74) is 3.05. The first kappa shape index (κ1) is 12.6. The third kappa shape index (κ3) is 2.05. The minimum atomic E-state index is 0.231. The Labute approximate surface area is 121 Å². The van der Waals surface area contributed by atoms with E-state index in [0.717, 1.165) is 35.1 Å². The first-order valence-electron chi connectivity index (χ1n) is 7.14. The summed E-state index contributed by atoms with van der Waals surface area (Å²) in [6, 6.07) is 6.16. The molecule has 0 spiro atoms. The van der Waals surface area contributed by atoms with Gasteiger partial charge in [-0.05, 0) is 31.9 Å². The van der Waals surface area contributed by atoms with E-state index in [2.05, 4.69) is 22.3 Å². The number of ether oxygens (including phenoxy) is 1. The predicted octanol–water partition coefficient (Wildman–Crippen LogP) is 3.60. The lowest BCUT2D eigenvalue weighted by atomic mass is 10.1. The summed E-state index contributed by atoms with van der Waals surface area (Å²) in [7, 11) is 0. The molecule has 0 amide bonds. The summed E-state index contributed by atoms with van der Waals surface area (Å²) in [6.07, 6.45) is 0.942. The van der Waals surface area contributed by atoms with Crippen molar-refractivity contribution in [2.75, 3.05) is 13.2 Å². The molecule has 5 nitrogen and oxygen atoms in total. The van der Waals surface area contributed by atoms with Crippen LogP contribution in [-0.2, 0) is 4.74 Å². The van der Waals surface area contributed by atoms with E-state index in [9.17, 15) is 0 Å². The van der Waals surface area contributed by atoms with E-state index in [1.807, 2.05) is 19.9 Å². The number of aryl methyl sites for hydroxylation is 2. The quantitative estimate of drug-likeness (QED) is 0.719. The standard InChI is InChI=1S/C16H16N2O3/c1-9-3-4-12-10(2)14(20-13(12)7-9)16-17-15(18-21-16)11-5-6-19-8-11/h3-4,7,11H,5-6,8H2,1-2H3/t11-/m1/s1. The average Bonchev–Trinajstić information content (AvgIpc) is 3.17. The lowest BCUT2D eigenvalue weighted by Gasteiger charge is -1.97. The Morgan fingerprint density at radius 1 is 1.24 bits per heavy atom. The van der Waals surface area contributed by atoms with Gasteiger partial charge in [-0.3, -0.25) is 0 Å². The van der Waals surface area contributed by atoms with Crippen LogP contribution in [0.1, 0.15) is 29.3 Å². The van der Waals surface area contributed by atoms with Gasteiger partial charge in [-0.25, -0.2) is 0 Å². The molecule has 2 aromatic heterocycles. The smallest absolute Gasteiger partial charge is 0.293 e. The molecule has 0 unspecified atom stereocenters. The van der Waals surface area contributed by atoms with Crippen LogP contribution in [0.25, 0.3) is 22.6 Å². The molecule has 1 aliphatic rings. The number of aromatic nitrogens is 2. The average molecular weight is 284 g/mol. The van der Waals surface area contributed by atoms with Crippen molar-refractivity contribution in [3.05, 3.63) is 35.2 Å². The third-order valence-electron chi connectivity index (χ3n) is 4.02. The van der Waals surface area contributed by atoms with Gasteiger partial charge in [0.2, 0.25) is 0 Å². The molecule has 0 bridgehead atoms. The Morgan fingerprint density at radius 3 is 2.95 bits per heavy atom. The fourth-order valence-electron chi connectivity index (χ4n) is 2.77. The Balaban J connectivity index is 1.77. The fourth-order valence-corrected chi connectivity index (χ4v) is 2.77. The molecule has 0 radical (unpaired) electrons. The molecule has 1 saturated heterocycles. The lowest BCUT2D eigenvalue weighted by molar-refractivity contribution is 0.192. The molecule has 108 valence electrons. The van der Waals surface area contributed by atoms with Crippen molar-refractivity contribution in [1.29, 1.82) is 0 Å². The summed E-state index contributed by atoms with van der Waals surface area (Å²) in [6.45, 7) is 5.48. The predicted molar refractivity (Wildman–Crippen MR) is 77.2 cm³/mol. The molecule has 0 saturated carbocycles. The molecular weight excluding hydrogens is 268 g/mol. The van der Waals surface area contributed by atoms with Crippen LogP contribution in [0.2, 0.25) is 0 Å². The van der Waals surface area contributed by atoms with Crippen LogP contribution in [0, 0.1) is 13.8 Å². The molecule has 0 N–H and O–H groups in total. The summed E-state index contributed by atoms with van der Waals surface area (Å²) in [4.78, 5) is 4.49. The second kappa shape index (κ2) is 4.70. The maximum absolute atomic E-state index is 5.91. The number of hydrogen-bond donors (Lipinski definition) is 0. The zero-order chi connectivity index (χ0) is 14.4. The van der Waals surface area contributed by atoms with Crippen molar-refractivity contribution in [2.45, 2.75) is 26.2 Å². The van der Waals surface area contributed by atoms with E-state index < -0.39 is 0 Å². The SMILES string of the molecule is Cc1ccc2c(C)c(-c3nc([C@@H]4CCOC4)no3)oc2c1. The molecule has 1 fully saturated rings. The highest BCUT2D eigenvalue weighted by atomic mass is 16.5.